The van der Waals surface area contributed by atoms with E-state index in [9.17, 15) is 0 Å². The number of aryl methyl sites for hydroxylation is 1. The third-order valence-corrected chi connectivity index (χ3v) is 6.06. The van der Waals surface area contributed by atoms with E-state index in [1.54, 1.807) is 18.4 Å². The minimum atomic E-state index is -1.82. The number of hydrogen-bond donors (Lipinski definition) is 4. The molecule has 188 valence electrons. The maximum absolute atomic E-state index is 9.10. The second-order valence-electron chi connectivity index (χ2n) is 9.62. The van der Waals surface area contributed by atoms with Gasteiger partial charge < -0.3 is 30.3 Å². The van der Waals surface area contributed by atoms with Crippen LogP contribution in [0.3, 0.4) is 0 Å². The molecule has 0 unspecified atom stereocenters. The highest BCUT2D eigenvalue weighted by Crippen LogP contribution is 2.31. The van der Waals surface area contributed by atoms with Crippen molar-refractivity contribution in [3.8, 4) is 11.5 Å². The first-order valence-electron chi connectivity index (χ1n) is 11.0. The molecule has 34 heavy (non-hydrogen) atoms. The highest BCUT2D eigenvalue weighted by Gasteiger charge is 2.37. The molecule has 1 aromatic heterocycles. The van der Waals surface area contributed by atoms with Crippen molar-refractivity contribution in [2.24, 2.45) is 0 Å². The Morgan fingerprint density at radius 3 is 2.26 bits per heavy atom. The number of aliphatic carboxylic acids is 2. The van der Waals surface area contributed by atoms with E-state index in [-0.39, 0.29) is 11.1 Å². The summed E-state index contributed by atoms with van der Waals surface area (Å²) in [6, 6.07) is 6.65. The predicted molar refractivity (Wildman–Crippen MR) is 131 cm³/mol. The lowest BCUT2D eigenvalue weighted by Crippen LogP contribution is -2.61. The van der Waals surface area contributed by atoms with Gasteiger partial charge >= 0.3 is 11.9 Å². The number of rotatable bonds is 7. The summed E-state index contributed by atoms with van der Waals surface area (Å²) in [6.45, 7) is 12.4. The number of benzene rings is 1. The van der Waals surface area contributed by atoms with Gasteiger partial charge in [-0.1, -0.05) is 6.07 Å². The number of carboxylic acid groups (broad SMARTS) is 2. The number of hydrogen-bond acceptors (Lipinski definition) is 8. The van der Waals surface area contributed by atoms with Crippen molar-refractivity contribution >= 4 is 23.3 Å². The van der Waals surface area contributed by atoms with Crippen LogP contribution in [0.25, 0.3) is 0 Å². The molecule has 1 aromatic carbocycles. The van der Waals surface area contributed by atoms with Gasteiger partial charge in [0.1, 0.15) is 6.61 Å². The third-order valence-electron chi connectivity index (χ3n) is 5.24. The SMILES string of the molecule is COc1cc(CNC2CC(C)(C)NC(C)(C)C2)ccc1OCc1csc(C)n1.O=C(O)C(=O)O. The molecule has 0 bridgehead atoms. The molecular weight excluding hydrogens is 458 g/mol. The van der Waals surface area contributed by atoms with E-state index < -0.39 is 11.9 Å². The van der Waals surface area contributed by atoms with E-state index >= 15 is 0 Å². The van der Waals surface area contributed by atoms with E-state index in [0.29, 0.717) is 12.6 Å². The minimum absolute atomic E-state index is 0.142. The molecule has 0 amide bonds. The number of carboxylic acids is 2. The van der Waals surface area contributed by atoms with Gasteiger partial charge in [0.2, 0.25) is 0 Å². The van der Waals surface area contributed by atoms with Gasteiger partial charge in [-0.3, -0.25) is 0 Å². The van der Waals surface area contributed by atoms with Gasteiger partial charge in [-0.25, -0.2) is 14.6 Å². The zero-order chi connectivity index (χ0) is 25.5. The molecule has 2 aromatic rings. The molecule has 1 saturated heterocycles. The monoisotopic (exact) mass is 493 g/mol. The molecule has 0 saturated carbocycles. The summed E-state index contributed by atoms with van der Waals surface area (Å²) in [5.41, 5.74) is 2.43. The third kappa shape index (κ3) is 8.92. The van der Waals surface area contributed by atoms with Gasteiger partial charge in [0.05, 0.1) is 17.8 Å². The van der Waals surface area contributed by atoms with Crippen LogP contribution in [-0.4, -0.2) is 51.4 Å². The van der Waals surface area contributed by atoms with Crippen molar-refractivity contribution < 1.29 is 29.3 Å². The van der Waals surface area contributed by atoms with Crippen molar-refractivity contribution in [1.29, 1.82) is 0 Å². The van der Waals surface area contributed by atoms with E-state index in [1.807, 2.05) is 18.4 Å². The second-order valence-corrected chi connectivity index (χ2v) is 10.7. The van der Waals surface area contributed by atoms with Crippen LogP contribution in [0.1, 0.15) is 56.8 Å². The smallest absolute Gasteiger partial charge is 0.414 e. The lowest BCUT2D eigenvalue weighted by atomic mass is 9.79. The standard InChI is InChI=1S/C22H33N3O2S.C2H2O4/c1-15-24-18(14-28-15)13-27-19-8-7-16(9-20(19)26-6)12-23-17-10-21(2,3)25-22(4,5)11-17;3-1(4)2(5)6/h7-9,14,17,23,25H,10-13H2,1-6H3;(H,3,4)(H,5,6). The molecule has 1 fully saturated rings. The fourth-order valence-corrected chi connectivity index (χ4v) is 4.89. The number of methoxy groups -OCH3 is 1. The Balaban J connectivity index is 0.000000604. The van der Waals surface area contributed by atoms with Crippen LogP contribution < -0.4 is 20.1 Å². The highest BCUT2D eigenvalue weighted by atomic mass is 32.1. The number of thiazole rings is 1. The van der Waals surface area contributed by atoms with Gasteiger partial charge in [0.25, 0.3) is 0 Å². The molecule has 2 heterocycles. The van der Waals surface area contributed by atoms with Crippen LogP contribution in [0.4, 0.5) is 0 Å². The van der Waals surface area contributed by atoms with Crippen LogP contribution in [0, 0.1) is 6.92 Å². The molecule has 0 radical (unpaired) electrons. The first-order chi connectivity index (χ1) is 15.8. The average Bonchev–Trinajstić information content (AvgIpc) is 3.14. The normalized spacial score (nSPS) is 16.8. The van der Waals surface area contributed by atoms with Crippen LogP contribution in [-0.2, 0) is 22.7 Å². The predicted octanol–water partition coefficient (Wildman–Crippen LogP) is 3.59. The zero-order valence-electron chi connectivity index (χ0n) is 20.6. The molecular formula is C24H35N3O6S. The van der Waals surface area contributed by atoms with Gasteiger partial charge in [-0.15, -0.1) is 11.3 Å². The first-order valence-corrected chi connectivity index (χ1v) is 11.9. The molecule has 9 nitrogen and oxygen atoms in total. The van der Waals surface area contributed by atoms with E-state index in [1.165, 1.54) is 5.56 Å². The Kier molecular flexibility index (Phi) is 9.43. The van der Waals surface area contributed by atoms with E-state index in [0.717, 1.165) is 41.6 Å². The number of piperidine rings is 1. The van der Waals surface area contributed by atoms with Crippen LogP contribution in [0.15, 0.2) is 23.6 Å². The maximum Gasteiger partial charge on any atom is 0.414 e. The Morgan fingerprint density at radius 2 is 1.76 bits per heavy atom. The zero-order valence-corrected chi connectivity index (χ0v) is 21.4. The second kappa shape index (κ2) is 11.6. The molecule has 0 spiro atoms. The Bertz CT molecular complexity index is 961. The molecule has 0 atom stereocenters. The number of nitrogens with zero attached hydrogens (tertiary/aromatic N) is 1. The van der Waals surface area contributed by atoms with Crippen LogP contribution in [0.2, 0.25) is 0 Å². The van der Waals surface area contributed by atoms with Crippen LogP contribution in [0.5, 0.6) is 11.5 Å². The summed E-state index contributed by atoms with van der Waals surface area (Å²) in [4.78, 5) is 22.6. The highest BCUT2D eigenvalue weighted by molar-refractivity contribution is 7.09. The Morgan fingerprint density at radius 1 is 1.15 bits per heavy atom. The minimum Gasteiger partial charge on any atom is -0.493 e. The number of nitrogens with one attached hydrogen (secondary N) is 2. The summed E-state index contributed by atoms with van der Waals surface area (Å²) < 4.78 is 11.5. The van der Waals surface area contributed by atoms with Crippen molar-refractivity contribution in [3.05, 3.63) is 39.8 Å². The average molecular weight is 494 g/mol. The summed E-state index contributed by atoms with van der Waals surface area (Å²) in [5.74, 6) is -2.14. The molecule has 3 rings (SSSR count). The van der Waals surface area contributed by atoms with Crippen molar-refractivity contribution in [3.63, 3.8) is 0 Å². The molecule has 1 aliphatic rings. The van der Waals surface area contributed by atoms with E-state index in [2.05, 4.69) is 55.4 Å². The summed E-state index contributed by atoms with van der Waals surface area (Å²) in [6.07, 6.45) is 2.23. The molecule has 4 N–H and O–H groups in total. The summed E-state index contributed by atoms with van der Waals surface area (Å²) in [5, 5.41) is 25.3. The van der Waals surface area contributed by atoms with Crippen molar-refractivity contribution in [2.45, 2.75) is 77.7 Å². The van der Waals surface area contributed by atoms with Gasteiger partial charge in [0.15, 0.2) is 11.5 Å². The maximum atomic E-state index is 9.10. The summed E-state index contributed by atoms with van der Waals surface area (Å²) in [7, 11) is 1.68. The Labute approximate surface area is 204 Å². The number of ether oxygens (including phenoxy) is 2. The first kappa shape index (κ1) is 27.6. The molecule has 10 heteroatoms. The number of carbonyl (C=O) groups is 2. The number of aromatic nitrogens is 1. The quantitative estimate of drug-likeness (QED) is 0.427. The summed E-state index contributed by atoms with van der Waals surface area (Å²) >= 11 is 1.64. The Hall–Kier alpha value is -2.69. The van der Waals surface area contributed by atoms with E-state index in [4.69, 9.17) is 29.3 Å². The van der Waals surface area contributed by atoms with Gasteiger partial charge in [-0.05, 0) is 65.2 Å². The lowest BCUT2D eigenvalue weighted by molar-refractivity contribution is -0.159. The van der Waals surface area contributed by atoms with Gasteiger partial charge in [0, 0.05) is 29.0 Å². The lowest BCUT2D eigenvalue weighted by Gasteiger charge is -2.46. The van der Waals surface area contributed by atoms with Crippen molar-refractivity contribution in [1.82, 2.24) is 15.6 Å². The molecule has 1 aliphatic heterocycles. The van der Waals surface area contributed by atoms with Gasteiger partial charge in [-0.2, -0.15) is 0 Å². The largest absolute Gasteiger partial charge is 0.493 e. The molecule has 0 aliphatic carbocycles. The van der Waals surface area contributed by atoms with Crippen LogP contribution >= 0.6 is 11.3 Å². The fourth-order valence-electron chi connectivity index (χ4n) is 4.30. The topological polar surface area (TPSA) is 130 Å². The van der Waals surface area contributed by atoms with Crippen molar-refractivity contribution in [2.75, 3.05) is 7.11 Å². The fraction of sp³-hybridized carbons (Fsp3) is 0.542.